The van der Waals surface area contributed by atoms with E-state index in [0.29, 0.717) is 0 Å². The Hall–Kier alpha value is -0.740. The van der Waals surface area contributed by atoms with Crippen LogP contribution >= 0.6 is 23.6 Å². The fourth-order valence-electron chi connectivity index (χ4n) is 0.582. The molecule has 1 aromatic heterocycles. The van der Waals surface area contributed by atoms with Crippen LogP contribution in [0.2, 0.25) is 0 Å². The van der Waals surface area contributed by atoms with Crippen molar-refractivity contribution in [2.45, 2.75) is 6.92 Å². The van der Waals surface area contributed by atoms with Crippen molar-refractivity contribution in [2.24, 2.45) is 0 Å². The summed E-state index contributed by atoms with van der Waals surface area (Å²) in [4.78, 5) is 13.4. The summed E-state index contributed by atoms with van der Waals surface area (Å²) in [5.74, 6) is 0.0375. The molecule has 2 nitrogen and oxygen atoms in total. The Balaban J connectivity index is 2.79. The van der Waals surface area contributed by atoms with Gasteiger partial charge in [-0.1, -0.05) is 0 Å². The van der Waals surface area contributed by atoms with Crippen molar-refractivity contribution in [1.29, 1.82) is 0 Å². The van der Waals surface area contributed by atoms with Crippen LogP contribution in [-0.2, 0) is 4.79 Å². The van der Waals surface area contributed by atoms with E-state index in [-0.39, 0.29) is 5.78 Å². The number of nitrogens with one attached hydrogen (secondary N) is 1. The third-order valence-corrected chi connectivity index (χ3v) is 2.12. The Morgan fingerprint density at radius 2 is 2.55 bits per heavy atom. The highest BCUT2D eigenvalue weighted by Gasteiger charge is 1.88. The van der Waals surface area contributed by atoms with Gasteiger partial charge in [-0.3, -0.25) is 4.79 Å². The van der Waals surface area contributed by atoms with Crippen LogP contribution in [0.1, 0.15) is 12.6 Å². The summed E-state index contributed by atoms with van der Waals surface area (Å²) in [7, 11) is 0. The van der Waals surface area contributed by atoms with Crippen molar-refractivity contribution in [1.82, 2.24) is 4.98 Å². The zero-order valence-corrected chi connectivity index (χ0v) is 7.59. The van der Waals surface area contributed by atoms with Gasteiger partial charge in [0.1, 0.15) is 0 Å². The second kappa shape index (κ2) is 3.59. The predicted molar refractivity (Wildman–Crippen MR) is 49.2 cm³/mol. The lowest BCUT2D eigenvalue weighted by atomic mass is 10.3. The SMILES string of the molecule is CC(=O)/C=C/c1csc(=S)[nH]1. The van der Waals surface area contributed by atoms with Crippen molar-refractivity contribution in [3.8, 4) is 0 Å². The fourth-order valence-corrected chi connectivity index (χ4v) is 1.39. The molecule has 0 aliphatic heterocycles. The van der Waals surface area contributed by atoms with E-state index in [1.54, 1.807) is 6.08 Å². The molecule has 1 N–H and O–H groups in total. The van der Waals surface area contributed by atoms with E-state index in [1.807, 2.05) is 5.38 Å². The highest BCUT2D eigenvalue weighted by atomic mass is 32.1. The number of aromatic nitrogens is 1. The van der Waals surface area contributed by atoms with E-state index in [0.717, 1.165) is 9.65 Å². The molecule has 1 aromatic rings. The first-order valence-electron chi connectivity index (χ1n) is 3.05. The molecule has 0 spiro atoms. The Labute approximate surface area is 73.6 Å². The molecule has 0 aliphatic carbocycles. The molecular formula is C7H7NOS2. The summed E-state index contributed by atoms with van der Waals surface area (Å²) in [6.45, 7) is 1.51. The number of H-pyrrole nitrogens is 1. The van der Waals surface area contributed by atoms with Gasteiger partial charge in [-0.15, -0.1) is 11.3 Å². The normalized spacial score (nSPS) is 10.6. The highest BCUT2D eigenvalue weighted by molar-refractivity contribution is 7.73. The average molecular weight is 185 g/mol. The monoisotopic (exact) mass is 185 g/mol. The van der Waals surface area contributed by atoms with E-state index in [1.165, 1.54) is 24.3 Å². The van der Waals surface area contributed by atoms with Gasteiger partial charge in [0.2, 0.25) is 0 Å². The minimum atomic E-state index is 0.0375. The lowest BCUT2D eigenvalue weighted by molar-refractivity contribution is -0.112. The first kappa shape index (κ1) is 8.36. The number of allylic oxidation sites excluding steroid dienone is 1. The molecule has 0 fully saturated rings. The lowest BCUT2D eigenvalue weighted by Gasteiger charge is -1.80. The Morgan fingerprint density at radius 3 is 3.00 bits per heavy atom. The van der Waals surface area contributed by atoms with E-state index < -0.39 is 0 Å². The maximum Gasteiger partial charge on any atom is 0.158 e. The zero-order chi connectivity index (χ0) is 8.27. The molecule has 0 saturated carbocycles. The Bertz CT molecular complexity index is 334. The van der Waals surface area contributed by atoms with Crippen LogP contribution in [0.15, 0.2) is 11.5 Å². The van der Waals surface area contributed by atoms with Gasteiger partial charge in [0, 0.05) is 11.1 Å². The molecule has 1 rings (SSSR count). The van der Waals surface area contributed by atoms with Crippen LogP contribution < -0.4 is 0 Å². The molecule has 0 radical (unpaired) electrons. The number of ketones is 1. The van der Waals surface area contributed by atoms with Gasteiger partial charge in [-0.2, -0.15) is 0 Å². The smallest absolute Gasteiger partial charge is 0.158 e. The quantitative estimate of drug-likeness (QED) is 0.567. The summed E-state index contributed by atoms with van der Waals surface area (Å²) >= 11 is 6.31. The molecule has 0 bridgehead atoms. The molecule has 0 aromatic carbocycles. The minimum absolute atomic E-state index is 0.0375. The number of hydrogen-bond donors (Lipinski definition) is 1. The van der Waals surface area contributed by atoms with Gasteiger partial charge in [-0.25, -0.2) is 0 Å². The van der Waals surface area contributed by atoms with E-state index in [4.69, 9.17) is 12.2 Å². The maximum absolute atomic E-state index is 10.5. The standard InChI is InChI=1S/C7H7NOS2/c1-5(9)2-3-6-4-11-7(10)8-6/h2-4H,1H3,(H,8,10)/b3-2+. The molecule has 4 heteroatoms. The topological polar surface area (TPSA) is 32.9 Å². The van der Waals surface area contributed by atoms with Crippen LogP contribution in [0.3, 0.4) is 0 Å². The van der Waals surface area contributed by atoms with Gasteiger partial charge in [0.15, 0.2) is 9.74 Å². The van der Waals surface area contributed by atoms with Crippen LogP contribution in [-0.4, -0.2) is 10.8 Å². The maximum atomic E-state index is 10.5. The van der Waals surface area contributed by atoms with E-state index >= 15 is 0 Å². The van der Waals surface area contributed by atoms with E-state index in [9.17, 15) is 4.79 Å². The van der Waals surface area contributed by atoms with Crippen LogP contribution in [0.25, 0.3) is 6.08 Å². The van der Waals surface area contributed by atoms with Crippen molar-refractivity contribution >= 4 is 35.4 Å². The molecular weight excluding hydrogens is 178 g/mol. The second-order valence-corrected chi connectivity index (χ2v) is 3.59. The molecule has 0 atom stereocenters. The minimum Gasteiger partial charge on any atom is -0.337 e. The molecule has 0 saturated heterocycles. The molecule has 0 aliphatic rings. The average Bonchev–Trinajstić information content (AvgIpc) is 2.31. The summed E-state index contributed by atoms with van der Waals surface area (Å²) in [6, 6.07) is 0. The predicted octanol–water partition coefficient (Wildman–Crippen LogP) is 2.41. The van der Waals surface area contributed by atoms with E-state index in [2.05, 4.69) is 4.98 Å². The van der Waals surface area contributed by atoms with Crippen LogP contribution in [0, 0.1) is 3.95 Å². The zero-order valence-electron chi connectivity index (χ0n) is 5.96. The molecule has 58 valence electrons. The number of hydrogen-bond acceptors (Lipinski definition) is 3. The van der Waals surface area contributed by atoms with Crippen LogP contribution in [0.5, 0.6) is 0 Å². The first-order valence-corrected chi connectivity index (χ1v) is 4.34. The molecule has 0 amide bonds. The van der Waals surface area contributed by atoms with Gasteiger partial charge in [-0.05, 0) is 31.3 Å². The number of aromatic amines is 1. The van der Waals surface area contributed by atoms with Crippen molar-refractivity contribution < 1.29 is 4.79 Å². The van der Waals surface area contributed by atoms with Gasteiger partial charge >= 0.3 is 0 Å². The van der Waals surface area contributed by atoms with Gasteiger partial charge in [0.05, 0.1) is 0 Å². The van der Waals surface area contributed by atoms with Gasteiger partial charge < -0.3 is 4.98 Å². The molecule has 0 unspecified atom stereocenters. The summed E-state index contributed by atoms with van der Waals surface area (Å²) in [5, 5.41) is 1.88. The fraction of sp³-hybridized carbons (Fsp3) is 0.143. The number of carbonyl (C=O) groups excluding carboxylic acids is 1. The number of thiazole rings is 1. The molecule has 11 heavy (non-hydrogen) atoms. The van der Waals surface area contributed by atoms with Gasteiger partial charge in [0.25, 0.3) is 0 Å². The summed E-state index contributed by atoms with van der Waals surface area (Å²) in [6.07, 6.45) is 3.22. The van der Waals surface area contributed by atoms with Crippen molar-refractivity contribution in [3.63, 3.8) is 0 Å². The van der Waals surface area contributed by atoms with Crippen molar-refractivity contribution in [3.05, 3.63) is 21.1 Å². The lowest BCUT2D eigenvalue weighted by Crippen LogP contribution is -1.79. The highest BCUT2D eigenvalue weighted by Crippen LogP contribution is 2.05. The summed E-state index contributed by atoms with van der Waals surface area (Å²) < 4.78 is 0.730. The largest absolute Gasteiger partial charge is 0.337 e. The Kier molecular flexibility index (Phi) is 2.73. The summed E-state index contributed by atoms with van der Waals surface area (Å²) in [5.41, 5.74) is 0.884. The number of carbonyl (C=O) groups is 1. The second-order valence-electron chi connectivity index (χ2n) is 2.05. The third-order valence-electron chi connectivity index (χ3n) is 1.04. The Morgan fingerprint density at radius 1 is 1.82 bits per heavy atom. The molecule has 1 heterocycles. The third kappa shape index (κ3) is 2.78. The van der Waals surface area contributed by atoms with Crippen molar-refractivity contribution in [2.75, 3.05) is 0 Å². The number of rotatable bonds is 2. The van der Waals surface area contributed by atoms with Crippen LogP contribution in [0.4, 0.5) is 0 Å². The first-order chi connectivity index (χ1) is 5.18.